The van der Waals surface area contributed by atoms with Gasteiger partial charge in [-0.05, 0) is 24.6 Å². The van der Waals surface area contributed by atoms with Gasteiger partial charge in [0.15, 0.2) is 6.61 Å². The van der Waals surface area contributed by atoms with E-state index in [1.165, 1.54) is 0 Å². The zero-order valence-corrected chi connectivity index (χ0v) is 15.7. The first-order valence-corrected chi connectivity index (χ1v) is 8.88. The Bertz CT molecular complexity index is 796. The predicted molar refractivity (Wildman–Crippen MR) is 103 cm³/mol. The molecule has 1 atom stereocenters. The molecule has 2 N–H and O–H groups in total. The molecule has 0 aliphatic rings. The molecule has 0 spiro atoms. The maximum atomic E-state index is 11.9. The van der Waals surface area contributed by atoms with Gasteiger partial charge in [-0.3, -0.25) is 14.4 Å². The normalized spacial score (nSPS) is 11.3. The summed E-state index contributed by atoms with van der Waals surface area (Å²) in [7, 11) is 0. The van der Waals surface area contributed by atoms with Gasteiger partial charge in [-0.2, -0.15) is 0 Å². The first-order valence-electron chi connectivity index (χ1n) is 8.50. The van der Waals surface area contributed by atoms with Crippen molar-refractivity contribution in [2.45, 2.75) is 25.8 Å². The molecule has 0 radical (unpaired) electrons. The van der Waals surface area contributed by atoms with E-state index in [1.807, 2.05) is 37.3 Å². The number of para-hydroxylation sites is 1. The van der Waals surface area contributed by atoms with Gasteiger partial charge in [0.2, 0.25) is 5.91 Å². The molecule has 0 saturated carbocycles. The molecule has 0 heterocycles. The molecule has 6 nitrogen and oxygen atoms in total. The highest BCUT2D eigenvalue weighted by molar-refractivity contribution is 6.33. The number of amides is 2. The minimum Gasteiger partial charge on any atom is -0.456 e. The minimum absolute atomic E-state index is 0.0634. The van der Waals surface area contributed by atoms with Gasteiger partial charge >= 0.3 is 5.97 Å². The van der Waals surface area contributed by atoms with Gasteiger partial charge in [0.05, 0.1) is 23.2 Å². The van der Waals surface area contributed by atoms with Crippen LogP contribution in [0.3, 0.4) is 0 Å². The fraction of sp³-hybridized carbons (Fsp3) is 0.250. The third kappa shape index (κ3) is 7.11. The molecule has 0 fully saturated rings. The molecule has 0 bridgehead atoms. The zero-order chi connectivity index (χ0) is 19.6. The highest BCUT2D eigenvalue weighted by Crippen LogP contribution is 2.20. The van der Waals surface area contributed by atoms with Gasteiger partial charge in [-0.15, -0.1) is 0 Å². The molecule has 0 saturated heterocycles. The van der Waals surface area contributed by atoms with Crippen molar-refractivity contribution in [3.05, 3.63) is 65.2 Å². The van der Waals surface area contributed by atoms with Crippen molar-refractivity contribution in [2.75, 3.05) is 11.9 Å². The van der Waals surface area contributed by atoms with E-state index < -0.39 is 11.9 Å². The van der Waals surface area contributed by atoms with Crippen molar-refractivity contribution in [3.63, 3.8) is 0 Å². The van der Waals surface area contributed by atoms with Crippen LogP contribution in [0.1, 0.15) is 31.4 Å². The number of carbonyl (C=O) groups excluding carboxylic acids is 3. The molecule has 0 aliphatic carbocycles. The fourth-order valence-corrected chi connectivity index (χ4v) is 2.50. The first kappa shape index (κ1) is 20.5. The lowest BCUT2D eigenvalue weighted by Gasteiger charge is -2.14. The average molecular weight is 389 g/mol. The van der Waals surface area contributed by atoms with Crippen LogP contribution in [0.4, 0.5) is 5.69 Å². The summed E-state index contributed by atoms with van der Waals surface area (Å²) in [4.78, 5) is 35.4. The number of halogens is 1. The van der Waals surface area contributed by atoms with Gasteiger partial charge in [0.1, 0.15) is 0 Å². The van der Waals surface area contributed by atoms with Crippen LogP contribution in [0.15, 0.2) is 54.6 Å². The Morgan fingerprint density at radius 1 is 0.963 bits per heavy atom. The molecule has 27 heavy (non-hydrogen) atoms. The third-order valence-electron chi connectivity index (χ3n) is 3.75. The van der Waals surface area contributed by atoms with Crippen LogP contribution in [0.25, 0.3) is 0 Å². The summed E-state index contributed by atoms with van der Waals surface area (Å²) in [6.45, 7) is 1.45. The van der Waals surface area contributed by atoms with Crippen molar-refractivity contribution >= 4 is 35.1 Å². The quantitative estimate of drug-likeness (QED) is 0.678. The zero-order valence-electron chi connectivity index (χ0n) is 14.9. The van der Waals surface area contributed by atoms with E-state index in [9.17, 15) is 14.4 Å². The van der Waals surface area contributed by atoms with Gasteiger partial charge < -0.3 is 15.4 Å². The van der Waals surface area contributed by atoms with Crippen molar-refractivity contribution in [1.29, 1.82) is 0 Å². The molecule has 2 amide bonds. The van der Waals surface area contributed by atoms with Crippen LogP contribution in [-0.4, -0.2) is 24.4 Å². The van der Waals surface area contributed by atoms with Crippen LogP contribution >= 0.6 is 11.6 Å². The molecule has 0 aliphatic heterocycles. The summed E-state index contributed by atoms with van der Waals surface area (Å²) >= 11 is 5.95. The number of hydrogen-bond acceptors (Lipinski definition) is 4. The van der Waals surface area contributed by atoms with Gasteiger partial charge in [-0.1, -0.05) is 54.1 Å². The van der Waals surface area contributed by atoms with Crippen LogP contribution in [-0.2, 0) is 19.1 Å². The highest BCUT2D eigenvalue weighted by atomic mass is 35.5. The van der Waals surface area contributed by atoms with E-state index in [1.54, 1.807) is 24.3 Å². The molecular formula is C20H21ClN2O4. The lowest BCUT2D eigenvalue weighted by atomic mass is 10.1. The molecule has 2 aromatic carbocycles. The number of esters is 1. The topological polar surface area (TPSA) is 84.5 Å². The maximum absolute atomic E-state index is 11.9. The number of nitrogens with one attached hydrogen (secondary N) is 2. The van der Waals surface area contributed by atoms with Crippen molar-refractivity contribution in [3.8, 4) is 0 Å². The summed E-state index contributed by atoms with van der Waals surface area (Å²) in [5, 5.41) is 5.78. The SMILES string of the molecule is C[C@H](NC(=O)COC(=O)CCC(=O)Nc1ccccc1Cl)c1ccccc1. The second kappa shape index (κ2) is 10.3. The van der Waals surface area contributed by atoms with Crippen molar-refractivity contribution in [1.82, 2.24) is 5.32 Å². The van der Waals surface area contributed by atoms with Crippen LogP contribution in [0.2, 0.25) is 5.02 Å². The van der Waals surface area contributed by atoms with Gasteiger partial charge in [-0.25, -0.2) is 0 Å². The molecule has 7 heteroatoms. The Labute approximate surface area is 162 Å². The standard InChI is InChI=1S/C20H21ClN2O4/c1-14(15-7-3-2-4-8-15)22-19(25)13-27-20(26)12-11-18(24)23-17-10-6-5-9-16(17)21/h2-10,14H,11-13H2,1H3,(H,22,25)(H,23,24)/t14-/m0/s1. The average Bonchev–Trinajstić information content (AvgIpc) is 2.67. The lowest BCUT2D eigenvalue weighted by molar-refractivity contribution is -0.149. The fourth-order valence-electron chi connectivity index (χ4n) is 2.32. The maximum Gasteiger partial charge on any atom is 0.306 e. The second-order valence-corrected chi connectivity index (χ2v) is 6.30. The predicted octanol–water partition coefficient (Wildman–Crippen LogP) is 3.48. The van der Waals surface area contributed by atoms with Gasteiger partial charge in [0, 0.05) is 6.42 Å². The minimum atomic E-state index is -0.619. The van der Waals surface area contributed by atoms with E-state index >= 15 is 0 Å². The molecule has 2 aromatic rings. The number of carbonyl (C=O) groups is 3. The summed E-state index contributed by atoms with van der Waals surface area (Å²) in [6.07, 6.45) is -0.191. The van der Waals surface area contributed by atoms with Crippen LogP contribution in [0.5, 0.6) is 0 Å². The highest BCUT2D eigenvalue weighted by Gasteiger charge is 2.13. The van der Waals surface area contributed by atoms with Crippen LogP contribution < -0.4 is 10.6 Å². The Balaban J connectivity index is 1.67. The third-order valence-corrected chi connectivity index (χ3v) is 4.08. The van der Waals surface area contributed by atoms with E-state index in [2.05, 4.69) is 10.6 Å². The molecule has 2 rings (SSSR count). The first-order chi connectivity index (χ1) is 13.0. The lowest BCUT2D eigenvalue weighted by Crippen LogP contribution is -2.31. The number of anilines is 1. The van der Waals surface area contributed by atoms with E-state index in [0.29, 0.717) is 10.7 Å². The number of benzene rings is 2. The summed E-state index contributed by atoms with van der Waals surface area (Å²) in [6, 6.07) is 16.1. The summed E-state index contributed by atoms with van der Waals surface area (Å²) in [5.41, 5.74) is 1.43. The number of ether oxygens (including phenoxy) is 1. The smallest absolute Gasteiger partial charge is 0.306 e. The van der Waals surface area contributed by atoms with Crippen molar-refractivity contribution in [2.24, 2.45) is 0 Å². The molecule has 0 aromatic heterocycles. The Morgan fingerprint density at radius 2 is 1.63 bits per heavy atom. The Kier molecular flexibility index (Phi) is 7.82. The molecular weight excluding hydrogens is 368 g/mol. The van der Waals surface area contributed by atoms with Gasteiger partial charge in [0.25, 0.3) is 5.91 Å². The molecule has 142 valence electrons. The summed E-state index contributed by atoms with van der Waals surface area (Å²) < 4.78 is 4.91. The van der Waals surface area contributed by atoms with Crippen molar-refractivity contribution < 1.29 is 19.1 Å². The number of hydrogen-bond donors (Lipinski definition) is 2. The molecule has 0 unspecified atom stereocenters. The van der Waals surface area contributed by atoms with E-state index in [4.69, 9.17) is 16.3 Å². The largest absolute Gasteiger partial charge is 0.456 e. The monoisotopic (exact) mass is 388 g/mol. The second-order valence-electron chi connectivity index (χ2n) is 5.89. The van der Waals surface area contributed by atoms with Crippen LogP contribution in [0, 0.1) is 0 Å². The Hall–Kier alpha value is -2.86. The van der Waals surface area contributed by atoms with E-state index in [0.717, 1.165) is 5.56 Å². The van der Waals surface area contributed by atoms with E-state index in [-0.39, 0.29) is 31.4 Å². The number of rotatable bonds is 8. The Morgan fingerprint density at radius 3 is 2.33 bits per heavy atom. The summed E-state index contributed by atoms with van der Waals surface area (Å²) in [5.74, 6) is -1.38.